The Morgan fingerprint density at radius 2 is 1.27 bits per heavy atom. The Hall–Kier alpha value is -4.72. The number of ether oxygens (including phenoxy) is 2. The maximum Gasteiger partial charge on any atom is 0.334 e. The van der Waals surface area contributed by atoms with Gasteiger partial charge in [0.1, 0.15) is 13.2 Å². The summed E-state index contributed by atoms with van der Waals surface area (Å²) in [7, 11) is 0. The maximum absolute atomic E-state index is 13.1. The van der Waals surface area contributed by atoms with Crippen LogP contribution in [-0.4, -0.2) is 44.8 Å². The molecule has 0 aliphatic rings. The van der Waals surface area contributed by atoms with E-state index in [2.05, 4.69) is 63.1 Å². The molecule has 0 saturated carbocycles. The number of aliphatic hydroxyl groups excluding tert-OH is 1. The van der Waals surface area contributed by atoms with Crippen LogP contribution in [0.5, 0.6) is 0 Å². The summed E-state index contributed by atoms with van der Waals surface area (Å²) in [6.45, 7) is 11.2. The van der Waals surface area contributed by atoms with Gasteiger partial charge in [-0.1, -0.05) is 67.6 Å². The van der Waals surface area contributed by atoms with E-state index in [-0.39, 0.29) is 48.1 Å². The van der Waals surface area contributed by atoms with E-state index in [0.29, 0.717) is 6.42 Å². The van der Waals surface area contributed by atoms with Crippen LogP contribution in [0.2, 0.25) is 0 Å². The van der Waals surface area contributed by atoms with Gasteiger partial charge in [-0.3, -0.25) is 14.8 Å². The molecule has 0 aliphatic heterocycles. The molecular formula is C39H41CuN3O5. The summed E-state index contributed by atoms with van der Waals surface area (Å²) in [5, 5.41) is 13.7. The molecule has 6 rings (SSSR count). The normalized spacial score (nSPS) is 13.3. The number of carbonyl (C=O) groups excluding carboxylic acids is 2. The first-order valence-electron chi connectivity index (χ1n) is 15.9. The second-order valence-corrected chi connectivity index (χ2v) is 12.1. The molecule has 9 heteroatoms. The Morgan fingerprint density at radius 3 is 1.75 bits per heavy atom. The van der Waals surface area contributed by atoms with E-state index in [0.717, 1.165) is 61.1 Å². The molecule has 2 atom stereocenters. The minimum atomic E-state index is -0.782. The van der Waals surface area contributed by atoms with Crippen molar-refractivity contribution in [2.45, 2.75) is 54.0 Å². The minimum absolute atomic E-state index is 0. The van der Waals surface area contributed by atoms with Crippen LogP contribution in [0.15, 0.2) is 96.8 Å². The Kier molecular flexibility index (Phi) is 11.6. The smallest absolute Gasteiger partial charge is 0.334 e. The van der Waals surface area contributed by atoms with Crippen LogP contribution >= 0.6 is 0 Å². The zero-order valence-corrected chi connectivity index (χ0v) is 29.0. The monoisotopic (exact) mass is 694 g/mol. The summed E-state index contributed by atoms with van der Waals surface area (Å²) in [4.78, 5) is 33.7. The summed E-state index contributed by atoms with van der Waals surface area (Å²) >= 11 is 0. The molecule has 253 valence electrons. The Balaban J connectivity index is 0.000000255. The number of rotatable bonds is 8. The third kappa shape index (κ3) is 7.53. The van der Waals surface area contributed by atoms with Crippen LogP contribution in [0.1, 0.15) is 51.5 Å². The van der Waals surface area contributed by atoms with Crippen molar-refractivity contribution in [1.82, 2.24) is 14.5 Å². The van der Waals surface area contributed by atoms with Gasteiger partial charge in [0.05, 0.1) is 28.3 Å². The SMILES string of the molecule is CCC(C)(C(=O)OCCOC(=O)/C=C(/C)O)C(C)n1c2ccccc2c2ccccc21.Cc1ccc2ccc3ccc(C)nc3c2n1.[Cu]. The van der Waals surface area contributed by atoms with Crippen LogP contribution < -0.4 is 0 Å². The van der Waals surface area contributed by atoms with Crippen LogP contribution in [-0.2, 0) is 36.1 Å². The summed E-state index contributed by atoms with van der Waals surface area (Å²) in [5.41, 5.74) is 5.43. The van der Waals surface area contributed by atoms with Gasteiger partial charge in [-0.05, 0) is 65.3 Å². The Labute approximate surface area is 291 Å². The number of aliphatic hydroxyl groups is 1. The number of benzene rings is 3. The van der Waals surface area contributed by atoms with Crippen molar-refractivity contribution in [3.05, 3.63) is 108 Å². The molecule has 0 amide bonds. The number of para-hydroxylation sites is 2. The molecule has 48 heavy (non-hydrogen) atoms. The summed E-state index contributed by atoms with van der Waals surface area (Å²) < 4.78 is 12.6. The third-order valence-electron chi connectivity index (χ3n) is 8.81. The molecule has 3 aromatic carbocycles. The first kappa shape index (κ1) is 36.1. The second-order valence-electron chi connectivity index (χ2n) is 12.1. The number of pyridine rings is 2. The molecule has 0 spiro atoms. The number of allylic oxidation sites excluding steroid dienone is 1. The number of nitrogens with zero attached hydrogens (tertiary/aromatic N) is 3. The predicted octanol–water partition coefficient (Wildman–Crippen LogP) is 8.72. The van der Waals surface area contributed by atoms with Crippen molar-refractivity contribution in [3.63, 3.8) is 0 Å². The zero-order chi connectivity index (χ0) is 33.7. The van der Waals surface area contributed by atoms with Gasteiger partial charge in [-0.15, -0.1) is 0 Å². The van der Waals surface area contributed by atoms with E-state index in [1.807, 2.05) is 71.0 Å². The number of hydrogen-bond acceptors (Lipinski definition) is 7. The molecule has 0 aliphatic carbocycles. The predicted molar refractivity (Wildman–Crippen MR) is 187 cm³/mol. The van der Waals surface area contributed by atoms with Gasteiger partial charge >= 0.3 is 11.9 Å². The van der Waals surface area contributed by atoms with Gasteiger partial charge in [0.25, 0.3) is 0 Å². The topological polar surface area (TPSA) is 104 Å². The molecule has 3 heterocycles. The molecule has 2 unspecified atom stereocenters. The number of carbonyl (C=O) groups is 2. The van der Waals surface area contributed by atoms with Crippen LogP contribution in [0.25, 0.3) is 43.6 Å². The Bertz CT molecular complexity index is 2000. The van der Waals surface area contributed by atoms with E-state index in [1.165, 1.54) is 6.92 Å². The van der Waals surface area contributed by atoms with E-state index in [1.54, 1.807) is 0 Å². The number of esters is 2. The van der Waals surface area contributed by atoms with Gasteiger partial charge in [-0.2, -0.15) is 0 Å². The molecule has 3 aromatic heterocycles. The third-order valence-corrected chi connectivity index (χ3v) is 8.81. The van der Waals surface area contributed by atoms with Gasteiger partial charge in [0, 0.05) is 67.1 Å². The maximum atomic E-state index is 13.1. The average Bonchev–Trinajstić information content (AvgIpc) is 3.40. The molecule has 0 saturated heterocycles. The first-order valence-corrected chi connectivity index (χ1v) is 15.9. The van der Waals surface area contributed by atoms with Crippen LogP contribution in [0.3, 0.4) is 0 Å². The number of aryl methyl sites for hydroxylation is 2. The van der Waals surface area contributed by atoms with Crippen LogP contribution in [0, 0.1) is 19.3 Å². The van der Waals surface area contributed by atoms with Crippen molar-refractivity contribution in [3.8, 4) is 0 Å². The second kappa shape index (κ2) is 15.5. The van der Waals surface area contributed by atoms with Crippen molar-refractivity contribution in [1.29, 1.82) is 0 Å². The molecule has 1 N–H and O–H groups in total. The summed E-state index contributed by atoms with van der Waals surface area (Å²) in [6.07, 6.45) is 1.56. The number of fused-ring (bicyclic) bond motifs is 6. The van der Waals surface area contributed by atoms with E-state index in [9.17, 15) is 9.59 Å². The van der Waals surface area contributed by atoms with Crippen molar-refractivity contribution in [2.24, 2.45) is 5.41 Å². The minimum Gasteiger partial charge on any atom is -0.512 e. The van der Waals surface area contributed by atoms with Gasteiger partial charge in [0.2, 0.25) is 0 Å². The van der Waals surface area contributed by atoms with Gasteiger partial charge < -0.3 is 19.1 Å². The quantitative estimate of drug-likeness (QED) is 0.0424. The number of hydrogen-bond donors (Lipinski definition) is 1. The van der Waals surface area contributed by atoms with E-state index in [4.69, 9.17) is 14.6 Å². The first-order chi connectivity index (χ1) is 22.5. The standard InChI is InChI=1S/C25H29NO5.C14H12N2.Cu/c1-5-25(4,24(29)31-15-14-30-23(28)16-17(2)27)18(3)26-21-12-8-6-10-19(21)20-11-7-9-13-22(20)26;1-9-3-5-11-7-8-12-6-4-10(2)16-14(12)13(11)15-9;/h6-13,16,18,27H,5,14-15H2,1-4H3;3-8H,1-2H3;/b17-16-;;. The van der Waals surface area contributed by atoms with Crippen LogP contribution in [0.4, 0.5) is 0 Å². The molecule has 1 radical (unpaired) electrons. The molecule has 6 aromatic rings. The Morgan fingerprint density at radius 1 is 0.812 bits per heavy atom. The van der Waals surface area contributed by atoms with Crippen molar-refractivity contribution >= 4 is 55.6 Å². The number of aromatic nitrogens is 3. The van der Waals surface area contributed by atoms with E-state index >= 15 is 0 Å². The zero-order valence-electron chi connectivity index (χ0n) is 28.1. The van der Waals surface area contributed by atoms with Crippen molar-refractivity contribution in [2.75, 3.05) is 13.2 Å². The molecule has 0 bridgehead atoms. The van der Waals surface area contributed by atoms with Gasteiger partial charge in [-0.25, -0.2) is 4.79 Å². The average molecular weight is 695 g/mol. The fourth-order valence-electron chi connectivity index (χ4n) is 5.88. The largest absolute Gasteiger partial charge is 0.512 e. The molecule has 0 fully saturated rings. The fraction of sp³-hybridized carbons (Fsp3) is 0.282. The fourth-order valence-corrected chi connectivity index (χ4v) is 5.88. The molecule has 8 nitrogen and oxygen atoms in total. The van der Waals surface area contributed by atoms with Crippen molar-refractivity contribution < 1.29 is 41.2 Å². The molecular weight excluding hydrogens is 654 g/mol. The summed E-state index contributed by atoms with van der Waals surface area (Å²) in [5.74, 6) is -1.15. The van der Waals surface area contributed by atoms with E-state index < -0.39 is 11.4 Å². The van der Waals surface area contributed by atoms with Gasteiger partial charge in [0.15, 0.2) is 0 Å². The summed E-state index contributed by atoms with van der Waals surface area (Å²) in [6, 6.07) is 28.7.